The number of aromatic nitrogens is 3. The summed E-state index contributed by atoms with van der Waals surface area (Å²) < 4.78 is 21.0. The van der Waals surface area contributed by atoms with Crippen molar-refractivity contribution < 1.29 is 9.13 Å². The van der Waals surface area contributed by atoms with Crippen LogP contribution in [0.2, 0.25) is 0 Å². The quantitative estimate of drug-likeness (QED) is 0.606. The van der Waals surface area contributed by atoms with Crippen LogP contribution in [0.15, 0.2) is 29.4 Å². The fraction of sp³-hybridized carbons (Fsp3) is 0.429. The van der Waals surface area contributed by atoms with E-state index in [4.69, 9.17) is 4.74 Å². The Morgan fingerprint density at radius 1 is 1.30 bits per heavy atom. The van der Waals surface area contributed by atoms with Gasteiger partial charge in [0.2, 0.25) is 0 Å². The van der Waals surface area contributed by atoms with Crippen molar-refractivity contribution in [1.29, 1.82) is 0 Å². The van der Waals surface area contributed by atoms with E-state index in [2.05, 4.69) is 10.2 Å². The largest absolute Gasteiger partial charge is 0.378 e. The molecular weight excluding hydrogens is 277 g/mol. The number of nitrogens with zero attached hydrogens (tertiary/aromatic N) is 3. The Balaban J connectivity index is 2.06. The Bertz CT molecular complexity index is 571. The molecule has 0 amide bonds. The first kappa shape index (κ1) is 15.0. The maximum Gasteiger partial charge on any atom is 0.191 e. The minimum Gasteiger partial charge on any atom is -0.378 e. The van der Waals surface area contributed by atoms with Gasteiger partial charge < -0.3 is 9.30 Å². The van der Waals surface area contributed by atoms with Gasteiger partial charge in [-0.3, -0.25) is 0 Å². The average Bonchev–Trinajstić information content (AvgIpc) is 2.77. The number of ether oxygens (including phenoxy) is 1. The molecule has 2 rings (SSSR count). The molecular formula is C14H18FN3OS. The van der Waals surface area contributed by atoms with Crippen LogP contribution in [-0.4, -0.2) is 33.2 Å². The van der Waals surface area contributed by atoms with Gasteiger partial charge in [-0.25, -0.2) is 4.39 Å². The van der Waals surface area contributed by atoms with E-state index in [1.165, 1.54) is 6.07 Å². The van der Waals surface area contributed by atoms with E-state index in [1.807, 2.05) is 20.9 Å². The van der Waals surface area contributed by atoms with E-state index >= 15 is 0 Å². The van der Waals surface area contributed by atoms with E-state index in [0.29, 0.717) is 18.0 Å². The summed E-state index contributed by atoms with van der Waals surface area (Å²) in [4.78, 5) is 0. The second kappa shape index (κ2) is 6.85. The van der Waals surface area contributed by atoms with Crippen LogP contribution in [0.25, 0.3) is 11.4 Å². The summed E-state index contributed by atoms with van der Waals surface area (Å²) in [6, 6.07) is 6.58. The smallest absolute Gasteiger partial charge is 0.191 e. The Kier molecular flexibility index (Phi) is 5.14. The van der Waals surface area contributed by atoms with Crippen LogP contribution in [0.3, 0.4) is 0 Å². The minimum atomic E-state index is -0.289. The van der Waals surface area contributed by atoms with Gasteiger partial charge in [0.05, 0.1) is 18.3 Å². The standard InChI is InChI=1S/C14H18FN3OS/c1-10(2)19-8-9-20-14-17-16-13(18(14)3)11-6-4-5-7-12(11)15/h4-7,10H,8-9H2,1-3H3. The van der Waals surface area contributed by atoms with Gasteiger partial charge in [-0.15, -0.1) is 10.2 Å². The van der Waals surface area contributed by atoms with Gasteiger partial charge in [0.1, 0.15) is 5.82 Å². The van der Waals surface area contributed by atoms with E-state index in [1.54, 1.807) is 34.5 Å². The highest BCUT2D eigenvalue weighted by molar-refractivity contribution is 7.99. The second-order valence-electron chi connectivity index (χ2n) is 4.61. The van der Waals surface area contributed by atoms with Crippen molar-refractivity contribution in [3.8, 4) is 11.4 Å². The first-order valence-corrected chi connectivity index (χ1v) is 7.47. The molecule has 0 aliphatic heterocycles. The highest BCUT2D eigenvalue weighted by Crippen LogP contribution is 2.24. The highest BCUT2D eigenvalue weighted by Gasteiger charge is 2.14. The molecule has 0 aliphatic carbocycles. The molecule has 0 atom stereocenters. The van der Waals surface area contributed by atoms with Crippen molar-refractivity contribution in [2.24, 2.45) is 7.05 Å². The number of thioether (sulfide) groups is 1. The molecule has 1 aromatic carbocycles. The predicted molar refractivity (Wildman–Crippen MR) is 78.2 cm³/mol. The molecule has 0 spiro atoms. The van der Waals surface area contributed by atoms with Crippen LogP contribution < -0.4 is 0 Å². The maximum absolute atomic E-state index is 13.8. The molecule has 1 heterocycles. The Hall–Kier alpha value is -1.40. The van der Waals surface area contributed by atoms with Gasteiger partial charge in [-0.05, 0) is 26.0 Å². The molecule has 0 unspecified atom stereocenters. The van der Waals surface area contributed by atoms with Crippen LogP contribution in [-0.2, 0) is 11.8 Å². The first-order chi connectivity index (χ1) is 9.59. The zero-order valence-corrected chi connectivity index (χ0v) is 12.7. The summed E-state index contributed by atoms with van der Waals surface area (Å²) in [5, 5.41) is 8.94. The third-order valence-corrected chi connectivity index (χ3v) is 3.70. The van der Waals surface area contributed by atoms with E-state index < -0.39 is 0 Å². The lowest BCUT2D eigenvalue weighted by Gasteiger charge is -2.07. The minimum absolute atomic E-state index is 0.226. The molecule has 4 nitrogen and oxygen atoms in total. The summed E-state index contributed by atoms with van der Waals surface area (Å²) >= 11 is 1.55. The molecule has 1 aromatic heterocycles. The number of benzene rings is 1. The van der Waals surface area contributed by atoms with Crippen LogP contribution in [0.4, 0.5) is 4.39 Å². The Labute approximate surface area is 122 Å². The normalized spacial score (nSPS) is 11.2. The number of hydrogen-bond acceptors (Lipinski definition) is 4. The van der Waals surface area contributed by atoms with Crippen molar-refractivity contribution in [1.82, 2.24) is 14.8 Å². The van der Waals surface area contributed by atoms with Crippen molar-refractivity contribution in [3.05, 3.63) is 30.1 Å². The second-order valence-corrected chi connectivity index (χ2v) is 5.68. The molecule has 20 heavy (non-hydrogen) atoms. The SMILES string of the molecule is CC(C)OCCSc1nnc(-c2ccccc2F)n1C. The average molecular weight is 295 g/mol. The summed E-state index contributed by atoms with van der Waals surface area (Å²) in [6.45, 7) is 4.66. The molecule has 0 saturated carbocycles. The van der Waals surface area contributed by atoms with E-state index in [-0.39, 0.29) is 11.9 Å². The fourth-order valence-electron chi connectivity index (χ4n) is 1.73. The van der Waals surface area contributed by atoms with Gasteiger partial charge >= 0.3 is 0 Å². The lowest BCUT2D eigenvalue weighted by atomic mass is 10.2. The molecule has 108 valence electrons. The van der Waals surface area contributed by atoms with Gasteiger partial charge in [0.15, 0.2) is 11.0 Å². The summed E-state index contributed by atoms with van der Waals surface area (Å²) in [6.07, 6.45) is 0.226. The molecule has 2 aromatic rings. The maximum atomic E-state index is 13.8. The Morgan fingerprint density at radius 2 is 2.05 bits per heavy atom. The third-order valence-electron chi connectivity index (χ3n) is 2.72. The van der Waals surface area contributed by atoms with Gasteiger partial charge in [0.25, 0.3) is 0 Å². The molecule has 0 fully saturated rings. The number of rotatable bonds is 6. The number of hydrogen-bond donors (Lipinski definition) is 0. The predicted octanol–water partition coefficient (Wildman–Crippen LogP) is 3.14. The summed E-state index contributed by atoms with van der Waals surface area (Å²) in [5.74, 6) is 1.04. The van der Waals surface area contributed by atoms with Crippen LogP contribution >= 0.6 is 11.8 Å². The molecule has 0 aliphatic rings. The summed E-state index contributed by atoms with van der Waals surface area (Å²) in [7, 11) is 1.84. The van der Waals surface area contributed by atoms with Gasteiger partial charge in [-0.2, -0.15) is 0 Å². The fourth-order valence-corrected chi connectivity index (χ4v) is 2.48. The lowest BCUT2D eigenvalue weighted by Crippen LogP contribution is -2.06. The van der Waals surface area contributed by atoms with Crippen molar-refractivity contribution in [2.45, 2.75) is 25.1 Å². The van der Waals surface area contributed by atoms with Crippen molar-refractivity contribution >= 4 is 11.8 Å². The van der Waals surface area contributed by atoms with Crippen molar-refractivity contribution in [3.63, 3.8) is 0 Å². The molecule has 0 saturated heterocycles. The Morgan fingerprint density at radius 3 is 2.75 bits per heavy atom. The van der Waals surface area contributed by atoms with Crippen LogP contribution in [0, 0.1) is 5.82 Å². The topological polar surface area (TPSA) is 39.9 Å². The monoisotopic (exact) mass is 295 g/mol. The van der Waals surface area contributed by atoms with E-state index in [0.717, 1.165) is 10.9 Å². The van der Waals surface area contributed by atoms with Crippen LogP contribution in [0.5, 0.6) is 0 Å². The number of halogens is 1. The highest BCUT2D eigenvalue weighted by atomic mass is 32.2. The zero-order valence-electron chi connectivity index (χ0n) is 11.8. The first-order valence-electron chi connectivity index (χ1n) is 6.48. The van der Waals surface area contributed by atoms with Crippen LogP contribution in [0.1, 0.15) is 13.8 Å². The third kappa shape index (κ3) is 3.58. The molecule has 0 radical (unpaired) electrons. The molecule has 0 bridgehead atoms. The van der Waals surface area contributed by atoms with Gasteiger partial charge in [-0.1, -0.05) is 23.9 Å². The zero-order chi connectivity index (χ0) is 14.5. The lowest BCUT2D eigenvalue weighted by molar-refractivity contribution is 0.0920. The molecule has 6 heteroatoms. The van der Waals surface area contributed by atoms with E-state index in [9.17, 15) is 4.39 Å². The van der Waals surface area contributed by atoms with Crippen molar-refractivity contribution in [2.75, 3.05) is 12.4 Å². The summed E-state index contributed by atoms with van der Waals surface area (Å²) in [5.41, 5.74) is 0.466. The molecule has 0 N–H and O–H groups in total. The van der Waals surface area contributed by atoms with Gasteiger partial charge in [0, 0.05) is 12.8 Å².